The van der Waals surface area contributed by atoms with Crippen LogP contribution in [0.1, 0.15) is 33.9 Å². The van der Waals surface area contributed by atoms with Crippen molar-refractivity contribution in [2.45, 2.75) is 17.7 Å². The van der Waals surface area contributed by atoms with E-state index in [1.165, 1.54) is 77.2 Å². The lowest BCUT2D eigenvalue weighted by molar-refractivity contribution is 0.377. The number of aromatic nitrogens is 1. The number of epoxide rings is 1. The molecular weight excluding hydrogens is 661 g/mol. The highest BCUT2D eigenvalue weighted by Gasteiger charge is 2.53. The highest BCUT2D eigenvalue weighted by atomic mass is 16.6. The fraction of sp³-hybridized carbons (Fsp3) is 0.0600. The van der Waals surface area contributed by atoms with Crippen LogP contribution in [0.2, 0.25) is 0 Å². The van der Waals surface area contributed by atoms with Crippen LogP contribution in [0.25, 0.3) is 77.5 Å². The molecule has 1 aliphatic heterocycles. The Kier molecular flexibility index (Phi) is 6.08. The third kappa shape index (κ3) is 3.96. The molecule has 2 N–H and O–H groups in total. The van der Waals surface area contributed by atoms with E-state index in [1.807, 2.05) is 0 Å². The van der Waals surface area contributed by atoms with Gasteiger partial charge in [0.05, 0.1) is 11.6 Å². The van der Waals surface area contributed by atoms with Crippen LogP contribution < -0.4 is 5.73 Å². The van der Waals surface area contributed by atoms with Crippen LogP contribution >= 0.6 is 0 Å². The van der Waals surface area contributed by atoms with Gasteiger partial charge < -0.3 is 14.9 Å². The summed E-state index contributed by atoms with van der Waals surface area (Å²) < 4.78 is 11.5. The van der Waals surface area contributed by atoms with Crippen LogP contribution in [0.5, 0.6) is 0 Å². The van der Waals surface area contributed by atoms with Crippen molar-refractivity contribution in [3.63, 3.8) is 0 Å². The van der Waals surface area contributed by atoms with Crippen LogP contribution in [0.3, 0.4) is 0 Å². The zero-order valence-electron chi connectivity index (χ0n) is 29.2. The molecule has 0 bridgehead atoms. The highest BCUT2D eigenvalue weighted by molar-refractivity contribution is 6.18. The molecule has 4 heteroatoms. The Labute approximate surface area is 312 Å². The van der Waals surface area contributed by atoms with E-state index < -0.39 is 5.41 Å². The molecule has 2 heterocycles. The molecule has 9 aromatic rings. The zero-order valence-corrected chi connectivity index (χ0v) is 29.2. The Hall–Kier alpha value is -6.59. The number of hydrogen-bond donors (Lipinski definition) is 1. The van der Waals surface area contributed by atoms with Crippen LogP contribution in [0, 0.1) is 0 Å². The molecule has 3 aliphatic rings. The highest BCUT2D eigenvalue weighted by Crippen LogP contribution is 2.66. The molecular formula is C50H32N2O2. The molecule has 1 saturated heterocycles. The largest absolute Gasteiger partial charge is 0.445 e. The Morgan fingerprint density at radius 3 is 1.57 bits per heavy atom. The monoisotopic (exact) mass is 692 g/mol. The first-order valence-corrected chi connectivity index (χ1v) is 18.5. The van der Waals surface area contributed by atoms with E-state index in [0.717, 1.165) is 22.3 Å². The minimum atomic E-state index is -0.560. The number of oxazole rings is 1. The van der Waals surface area contributed by atoms with Gasteiger partial charge in [-0.2, -0.15) is 0 Å². The normalized spacial score (nSPS) is 17.1. The minimum Gasteiger partial charge on any atom is -0.445 e. The maximum atomic E-state index is 6.17. The quantitative estimate of drug-likeness (QED) is 0.187. The van der Waals surface area contributed by atoms with Gasteiger partial charge >= 0.3 is 0 Å². The Bertz CT molecular complexity index is 2970. The van der Waals surface area contributed by atoms with Gasteiger partial charge in [0.1, 0.15) is 18.6 Å². The van der Waals surface area contributed by atoms with Gasteiger partial charge in [0, 0.05) is 5.56 Å². The van der Waals surface area contributed by atoms with Gasteiger partial charge in [-0.15, -0.1) is 0 Å². The average Bonchev–Trinajstić information content (AvgIpc) is 3.54. The maximum absolute atomic E-state index is 6.17. The van der Waals surface area contributed by atoms with Crippen molar-refractivity contribution in [1.29, 1.82) is 0 Å². The third-order valence-corrected chi connectivity index (χ3v) is 12.0. The lowest BCUT2D eigenvalue weighted by atomic mass is 9.69. The molecule has 0 amide bonds. The summed E-state index contributed by atoms with van der Waals surface area (Å²) >= 11 is 0. The fourth-order valence-electron chi connectivity index (χ4n) is 9.78. The number of hydrogen-bond acceptors (Lipinski definition) is 4. The molecule has 54 heavy (non-hydrogen) atoms. The molecule has 8 aromatic carbocycles. The second-order valence-corrected chi connectivity index (χ2v) is 14.7. The predicted octanol–water partition coefficient (Wildman–Crippen LogP) is 11.7. The van der Waals surface area contributed by atoms with Crippen molar-refractivity contribution in [2.24, 2.45) is 5.73 Å². The van der Waals surface area contributed by atoms with Gasteiger partial charge in [0.2, 0.25) is 5.89 Å². The van der Waals surface area contributed by atoms with E-state index in [-0.39, 0.29) is 12.3 Å². The summed E-state index contributed by atoms with van der Waals surface area (Å²) in [6.07, 6.45) is 3.01. The first-order valence-electron chi connectivity index (χ1n) is 18.5. The van der Waals surface area contributed by atoms with E-state index in [0.29, 0.717) is 5.89 Å². The van der Waals surface area contributed by atoms with E-state index in [2.05, 4.69) is 163 Å². The molecule has 1 aromatic heterocycles. The van der Waals surface area contributed by atoms with Gasteiger partial charge in [-0.25, -0.2) is 4.98 Å². The van der Waals surface area contributed by atoms with Crippen LogP contribution in [-0.4, -0.2) is 11.2 Å². The molecule has 4 nitrogen and oxygen atoms in total. The Balaban J connectivity index is 1.24. The molecule has 1 fully saturated rings. The SMILES string of the molecule is NC1OC1c1cccc(-c2cc3c(c4ccccc24)-c2c(cc(-c4cccc(-c5ncco5)c4)c4ccccc24)C32c3ccccc3-c3ccccc32)c1. The average molecular weight is 693 g/mol. The standard InChI is InChI=1S/C50H32N2O2/c51-48-47(54-48)31-13-9-11-29(25-31)39-27-43-45(37-19-3-1-15-33(37)39)46-38-20-4-2-16-34(38)40(30-12-10-14-32(26-30)49-52-23-24-53-49)28-44(46)50(43)41-21-7-5-17-35(41)36-18-6-8-22-42(36)50/h1-28,47-48H,51H2. The van der Waals surface area contributed by atoms with Gasteiger partial charge in [0.25, 0.3) is 0 Å². The van der Waals surface area contributed by atoms with Crippen LogP contribution in [0.15, 0.2) is 175 Å². The second-order valence-electron chi connectivity index (χ2n) is 14.7. The summed E-state index contributed by atoms with van der Waals surface area (Å²) in [4.78, 5) is 4.48. The topological polar surface area (TPSA) is 64.6 Å². The molecule has 12 rings (SSSR count). The van der Waals surface area contributed by atoms with Gasteiger partial charge in [0.15, 0.2) is 0 Å². The van der Waals surface area contributed by atoms with Gasteiger partial charge in [-0.3, -0.25) is 0 Å². The molecule has 2 unspecified atom stereocenters. The summed E-state index contributed by atoms with van der Waals surface area (Å²) in [5.41, 5.74) is 22.8. The zero-order chi connectivity index (χ0) is 35.5. The second kappa shape index (κ2) is 11.0. The number of fused-ring (bicyclic) bond motifs is 14. The third-order valence-electron chi connectivity index (χ3n) is 12.0. The number of rotatable bonds is 4. The number of benzene rings is 8. The van der Waals surface area contributed by atoms with Gasteiger partial charge in [-0.1, -0.05) is 127 Å². The summed E-state index contributed by atoms with van der Waals surface area (Å²) in [7, 11) is 0. The summed E-state index contributed by atoms with van der Waals surface area (Å²) in [6, 6.07) is 58.3. The van der Waals surface area contributed by atoms with E-state index >= 15 is 0 Å². The summed E-state index contributed by atoms with van der Waals surface area (Å²) in [6.45, 7) is 0. The van der Waals surface area contributed by atoms with E-state index in [4.69, 9.17) is 14.9 Å². The van der Waals surface area contributed by atoms with Crippen molar-refractivity contribution < 1.29 is 9.15 Å². The summed E-state index contributed by atoms with van der Waals surface area (Å²) in [5.74, 6) is 0.614. The van der Waals surface area contributed by atoms with Gasteiger partial charge in [-0.05, 0) is 124 Å². The lowest BCUT2D eigenvalue weighted by Gasteiger charge is -2.31. The first kappa shape index (κ1) is 29.9. The molecule has 254 valence electrons. The molecule has 2 atom stereocenters. The first-order chi connectivity index (χ1) is 26.7. The van der Waals surface area contributed by atoms with E-state index in [9.17, 15) is 0 Å². The molecule has 2 aliphatic carbocycles. The molecule has 0 radical (unpaired) electrons. The van der Waals surface area contributed by atoms with Crippen molar-refractivity contribution in [3.8, 4) is 56.0 Å². The van der Waals surface area contributed by atoms with Crippen molar-refractivity contribution >= 4 is 21.5 Å². The number of nitrogens with zero attached hydrogens (tertiary/aromatic N) is 1. The molecule has 1 spiro atoms. The minimum absolute atomic E-state index is 0.0679. The lowest BCUT2D eigenvalue weighted by Crippen LogP contribution is -2.26. The van der Waals surface area contributed by atoms with Crippen molar-refractivity contribution in [2.75, 3.05) is 0 Å². The van der Waals surface area contributed by atoms with Crippen LogP contribution in [-0.2, 0) is 10.2 Å². The van der Waals surface area contributed by atoms with Crippen molar-refractivity contribution in [1.82, 2.24) is 4.98 Å². The predicted molar refractivity (Wildman–Crippen MR) is 216 cm³/mol. The van der Waals surface area contributed by atoms with Crippen LogP contribution in [0.4, 0.5) is 0 Å². The van der Waals surface area contributed by atoms with Crippen molar-refractivity contribution in [3.05, 3.63) is 198 Å². The summed E-state index contributed by atoms with van der Waals surface area (Å²) in [5, 5.41) is 4.93. The Morgan fingerprint density at radius 1 is 0.481 bits per heavy atom. The maximum Gasteiger partial charge on any atom is 0.225 e. The number of nitrogens with two attached hydrogens (primary N) is 1. The Morgan fingerprint density at radius 2 is 1.00 bits per heavy atom. The molecule has 0 saturated carbocycles. The smallest absolute Gasteiger partial charge is 0.225 e. The fourth-order valence-corrected chi connectivity index (χ4v) is 9.78. The van der Waals surface area contributed by atoms with E-state index in [1.54, 1.807) is 12.5 Å². The number of ether oxygens (including phenoxy) is 1.